The van der Waals surface area contributed by atoms with Gasteiger partial charge in [0.2, 0.25) is 0 Å². The van der Waals surface area contributed by atoms with E-state index >= 15 is 0 Å². The topological polar surface area (TPSA) is 59.7 Å². The van der Waals surface area contributed by atoms with E-state index in [-0.39, 0.29) is 0 Å². The molecule has 7 heteroatoms. The van der Waals surface area contributed by atoms with Crippen LogP contribution in [0.5, 0.6) is 0 Å². The Balaban J connectivity index is 1.67. The number of tetrazole rings is 1. The van der Waals surface area contributed by atoms with Crippen molar-refractivity contribution in [3.05, 3.63) is 34.8 Å². The van der Waals surface area contributed by atoms with Gasteiger partial charge in [0.15, 0.2) is 0 Å². The van der Waals surface area contributed by atoms with Gasteiger partial charge in [-0.2, -0.15) is 0 Å². The molecule has 0 radical (unpaired) electrons. The van der Waals surface area contributed by atoms with E-state index in [2.05, 4.69) is 47.4 Å². The minimum Gasteiger partial charge on any atom is -0.294 e. The van der Waals surface area contributed by atoms with Crippen molar-refractivity contribution in [1.82, 2.24) is 30.1 Å². The van der Waals surface area contributed by atoms with Gasteiger partial charge in [0.25, 0.3) is 0 Å². The van der Waals surface area contributed by atoms with Gasteiger partial charge >= 0.3 is 0 Å². The molecule has 0 amide bonds. The molecule has 1 fully saturated rings. The maximum absolute atomic E-state index is 4.26. The highest BCUT2D eigenvalue weighted by atomic mass is 79.9. The molecule has 0 aliphatic carbocycles. The Bertz CT molecular complexity index is 529. The molecule has 1 aliphatic rings. The summed E-state index contributed by atoms with van der Waals surface area (Å²) in [7, 11) is 0. The molecule has 6 nitrogen and oxygen atoms in total. The summed E-state index contributed by atoms with van der Waals surface area (Å²) in [6.07, 6.45) is 7.86. The molecule has 1 unspecified atom stereocenters. The second-order valence-electron chi connectivity index (χ2n) is 4.70. The van der Waals surface area contributed by atoms with Crippen LogP contribution in [0.3, 0.4) is 0 Å². The van der Waals surface area contributed by atoms with Crippen LogP contribution in [-0.2, 0) is 6.54 Å². The van der Waals surface area contributed by atoms with Gasteiger partial charge in [-0.1, -0.05) is 0 Å². The molecule has 100 valence electrons. The second-order valence-corrected chi connectivity index (χ2v) is 5.62. The van der Waals surface area contributed by atoms with Crippen LogP contribution in [0.2, 0.25) is 0 Å². The quantitative estimate of drug-likeness (QED) is 0.856. The Labute approximate surface area is 120 Å². The fourth-order valence-electron chi connectivity index (χ4n) is 2.60. The zero-order valence-electron chi connectivity index (χ0n) is 10.5. The average Bonchev–Trinajstić information content (AvgIpc) is 3.08. The van der Waals surface area contributed by atoms with Crippen molar-refractivity contribution >= 4 is 15.9 Å². The zero-order valence-corrected chi connectivity index (χ0v) is 12.1. The van der Waals surface area contributed by atoms with Crippen molar-refractivity contribution in [2.45, 2.75) is 25.4 Å². The molecule has 0 saturated carbocycles. The van der Waals surface area contributed by atoms with Gasteiger partial charge in [-0.25, -0.2) is 4.68 Å². The van der Waals surface area contributed by atoms with Crippen molar-refractivity contribution in [2.75, 3.05) is 13.1 Å². The summed E-state index contributed by atoms with van der Waals surface area (Å²) in [5.74, 6) is 0. The summed E-state index contributed by atoms with van der Waals surface area (Å²) in [5.41, 5.74) is 1.28. The van der Waals surface area contributed by atoms with Crippen LogP contribution < -0.4 is 0 Å². The lowest BCUT2D eigenvalue weighted by Gasteiger charge is -2.24. The van der Waals surface area contributed by atoms with Crippen LogP contribution in [0.4, 0.5) is 0 Å². The number of rotatable bonds is 4. The Morgan fingerprint density at radius 3 is 3.05 bits per heavy atom. The summed E-state index contributed by atoms with van der Waals surface area (Å²) >= 11 is 3.49. The molecule has 1 saturated heterocycles. The third-order valence-electron chi connectivity index (χ3n) is 3.48. The Morgan fingerprint density at radius 1 is 1.32 bits per heavy atom. The van der Waals surface area contributed by atoms with Crippen LogP contribution in [0.25, 0.3) is 0 Å². The van der Waals surface area contributed by atoms with Crippen molar-refractivity contribution in [1.29, 1.82) is 0 Å². The van der Waals surface area contributed by atoms with E-state index in [9.17, 15) is 0 Å². The predicted octanol–water partition coefficient (Wildman–Crippen LogP) is 1.67. The largest absolute Gasteiger partial charge is 0.294 e. The Kier molecular flexibility index (Phi) is 3.84. The lowest BCUT2D eigenvalue weighted by Crippen LogP contribution is -2.27. The number of hydrogen-bond donors (Lipinski definition) is 0. The maximum atomic E-state index is 4.26. The second kappa shape index (κ2) is 5.75. The first-order chi connectivity index (χ1) is 9.33. The van der Waals surface area contributed by atoms with E-state index in [1.807, 2.05) is 12.4 Å². The average molecular weight is 323 g/mol. The lowest BCUT2D eigenvalue weighted by molar-refractivity contribution is 0.241. The third kappa shape index (κ3) is 2.98. The number of hydrogen-bond acceptors (Lipinski definition) is 5. The van der Waals surface area contributed by atoms with Gasteiger partial charge in [0.1, 0.15) is 6.33 Å². The first-order valence-corrected chi connectivity index (χ1v) is 7.17. The normalized spacial score (nSPS) is 19.9. The SMILES string of the molecule is Brc1cncc(C2CCCN2CCn2cnnn2)c1. The molecule has 2 aromatic rings. The van der Waals surface area contributed by atoms with Gasteiger partial charge in [0, 0.05) is 29.5 Å². The van der Waals surface area contributed by atoms with Gasteiger partial charge in [-0.15, -0.1) is 5.10 Å². The molecular formula is C12H15BrN6. The Morgan fingerprint density at radius 2 is 2.26 bits per heavy atom. The van der Waals surface area contributed by atoms with Crippen molar-refractivity contribution < 1.29 is 0 Å². The molecule has 0 spiro atoms. The summed E-state index contributed by atoms with van der Waals surface area (Å²) < 4.78 is 2.81. The van der Waals surface area contributed by atoms with Gasteiger partial charge in [-0.05, 0) is 57.4 Å². The number of aromatic nitrogens is 5. The highest BCUT2D eigenvalue weighted by Crippen LogP contribution is 2.32. The van der Waals surface area contributed by atoms with Crippen molar-refractivity contribution in [3.63, 3.8) is 0 Å². The van der Waals surface area contributed by atoms with Gasteiger partial charge in [-0.3, -0.25) is 9.88 Å². The van der Waals surface area contributed by atoms with E-state index in [1.54, 1.807) is 11.0 Å². The van der Waals surface area contributed by atoms with Crippen LogP contribution in [0, 0.1) is 0 Å². The molecule has 0 aromatic carbocycles. The van der Waals surface area contributed by atoms with E-state index in [0.29, 0.717) is 6.04 Å². The minimum absolute atomic E-state index is 0.460. The smallest absolute Gasteiger partial charge is 0.138 e. The summed E-state index contributed by atoms with van der Waals surface area (Å²) in [5, 5.41) is 11.2. The molecular weight excluding hydrogens is 308 g/mol. The third-order valence-corrected chi connectivity index (χ3v) is 3.92. The van der Waals surface area contributed by atoms with Crippen LogP contribution in [0.15, 0.2) is 29.3 Å². The molecule has 0 N–H and O–H groups in total. The predicted molar refractivity (Wildman–Crippen MR) is 73.3 cm³/mol. The monoisotopic (exact) mass is 322 g/mol. The van der Waals surface area contributed by atoms with E-state index in [0.717, 1.165) is 24.1 Å². The summed E-state index contributed by atoms with van der Waals surface area (Å²) in [6.45, 7) is 2.91. The minimum atomic E-state index is 0.460. The van der Waals surface area contributed by atoms with Crippen LogP contribution in [0.1, 0.15) is 24.4 Å². The van der Waals surface area contributed by atoms with E-state index in [1.165, 1.54) is 18.4 Å². The number of likely N-dealkylation sites (tertiary alicyclic amines) is 1. The molecule has 1 aliphatic heterocycles. The van der Waals surface area contributed by atoms with Crippen molar-refractivity contribution in [2.24, 2.45) is 0 Å². The summed E-state index contributed by atoms with van der Waals surface area (Å²) in [4.78, 5) is 6.74. The first kappa shape index (κ1) is 12.7. The maximum Gasteiger partial charge on any atom is 0.138 e. The molecule has 3 heterocycles. The zero-order chi connectivity index (χ0) is 13.1. The summed E-state index contributed by atoms with van der Waals surface area (Å²) in [6, 6.07) is 2.62. The number of nitrogens with zero attached hydrogens (tertiary/aromatic N) is 6. The van der Waals surface area contributed by atoms with Crippen molar-refractivity contribution in [3.8, 4) is 0 Å². The first-order valence-electron chi connectivity index (χ1n) is 6.38. The van der Waals surface area contributed by atoms with Gasteiger partial charge in [0.05, 0.1) is 6.54 Å². The number of halogens is 1. The lowest BCUT2D eigenvalue weighted by atomic mass is 10.1. The van der Waals surface area contributed by atoms with E-state index in [4.69, 9.17) is 0 Å². The highest BCUT2D eigenvalue weighted by molar-refractivity contribution is 9.10. The fourth-order valence-corrected chi connectivity index (χ4v) is 2.98. The van der Waals surface area contributed by atoms with Gasteiger partial charge < -0.3 is 0 Å². The highest BCUT2D eigenvalue weighted by Gasteiger charge is 2.26. The molecule has 19 heavy (non-hydrogen) atoms. The van der Waals surface area contributed by atoms with Crippen LogP contribution >= 0.6 is 15.9 Å². The van der Waals surface area contributed by atoms with E-state index < -0.39 is 0 Å². The Hall–Kier alpha value is -1.34. The molecule has 3 rings (SSSR count). The van der Waals surface area contributed by atoms with Crippen LogP contribution in [-0.4, -0.2) is 43.2 Å². The fraction of sp³-hybridized carbons (Fsp3) is 0.500. The number of pyridine rings is 1. The molecule has 2 aromatic heterocycles. The molecule has 0 bridgehead atoms. The standard InChI is InChI=1S/C12H15BrN6/c13-11-6-10(7-14-8-11)12-2-1-3-18(12)4-5-19-9-15-16-17-19/h6-9,12H,1-5H2. The molecule has 1 atom stereocenters.